The minimum absolute atomic E-state index is 0.00284. The van der Waals surface area contributed by atoms with Crippen LogP contribution in [0.5, 0.6) is 0 Å². The number of alkyl halides is 1. The first kappa shape index (κ1) is 21.9. The largest absolute Gasteiger partial charge is 0.445 e. The number of rotatable bonds is 8. The van der Waals surface area contributed by atoms with Crippen molar-refractivity contribution in [3.05, 3.63) is 24.8 Å². The maximum absolute atomic E-state index is 12.1. The Morgan fingerprint density at radius 2 is 2.04 bits per heavy atom. The number of halogens is 1. The summed E-state index contributed by atoms with van der Waals surface area (Å²) >= 11 is 5.85. The lowest BCUT2D eigenvalue weighted by molar-refractivity contribution is 0.109. The fourth-order valence-electron chi connectivity index (χ4n) is 2.22. The molecule has 0 saturated carbocycles. The van der Waals surface area contributed by atoms with E-state index < -0.39 is 43.9 Å². The van der Waals surface area contributed by atoms with Crippen LogP contribution in [0.15, 0.2) is 24.8 Å². The van der Waals surface area contributed by atoms with E-state index >= 15 is 0 Å². The molecule has 1 N–H and O–H groups in total. The van der Waals surface area contributed by atoms with E-state index in [-0.39, 0.29) is 19.6 Å². The van der Waals surface area contributed by atoms with E-state index in [4.69, 9.17) is 20.5 Å². The summed E-state index contributed by atoms with van der Waals surface area (Å²) in [5, 5.41) is 0. The number of carbonyl (C=O) groups is 1. The van der Waals surface area contributed by atoms with Crippen LogP contribution in [0, 0.1) is 0 Å². The van der Waals surface area contributed by atoms with Gasteiger partial charge < -0.3 is 4.74 Å². The average molecular weight is 417 g/mol. The number of hydrogen-bond donors (Lipinski definition) is 1. The van der Waals surface area contributed by atoms with E-state index in [9.17, 15) is 21.6 Å². The predicted molar refractivity (Wildman–Crippen MR) is 93.1 cm³/mol. The van der Waals surface area contributed by atoms with Crippen LogP contribution >= 0.6 is 11.6 Å². The Balaban J connectivity index is 2.86. The molecule has 0 aliphatic carbocycles. The second kappa shape index (κ2) is 8.99. The van der Waals surface area contributed by atoms with Crippen molar-refractivity contribution in [1.29, 1.82) is 0 Å². The van der Waals surface area contributed by atoms with E-state index in [1.165, 1.54) is 23.1 Å². The predicted octanol–water partition coefficient (Wildman–Crippen LogP) is 0.398. The highest BCUT2D eigenvalue weighted by Gasteiger charge is 2.37. The second-order valence-electron chi connectivity index (χ2n) is 5.42. The number of ether oxygens (including phenoxy) is 1. The summed E-state index contributed by atoms with van der Waals surface area (Å²) in [6, 6.07) is -0.563. The molecule has 0 aromatic heterocycles. The molecular formula is C13H21ClN2O7S2. The minimum atomic E-state index is -3.69. The molecule has 1 aliphatic rings. The molecule has 0 aromatic carbocycles. The molecule has 1 heterocycles. The highest BCUT2D eigenvalue weighted by Crippen LogP contribution is 2.24. The molecule has 1 saturated heterocycles. The molecule has 1 rings (SSSR count). The average Bonchev–Trinajstić information content (AvgIpc) is 2.81. The third-order valence-electron chi connectivity index (χ3n) is 3.00. The number of likely N-dealkylation sites (tertiary alicyclic amines) is 1. The van der Waals surface area contributed by atoms with Crippen LogP contribution in [-0.2, 0) is 29.1 Å². The quantitative estimate of drug-likeness (QED) is 0.263. The summed E-state index contributed by atoms with van der Waals surface area (Å²) in [5.74, 6) is 0. The summed E-state index contributed by atoms with van der Waals surface area (Å²) < 4.78 is 56.8. The highest BCUT2D eigenvalue weighted by atomic mass is 35.5. The third kappa shape index (κ3) is 8.68. The van der Waals surface area contributed by atoms with Crippen LogP contribution < -0.4 is 4.72 Å². The zero-order valence-corrected chi connectivity index (χ0v) is 16.2. The SMILES string of the molecule is C=CCOC(=O)N1C[C@H](OS(C)(=O)=O)C[C@H]1C=CC(Cl)NS(C)(=O)=O. The minimum Gasteiger partial charge on any atom is -0.445 e. The topological polar surface area (TPSA) is 119 Å². The molecular weight excluding hydrogens is 396 g/mol. The standard InChI is InChI=1S/C13H21ClN2O7S2/c1-4-7-22-13(17)16-9-11(23-25(3,20)21)8-10(16)5-6-12(14)15-24(2,18)19/h4-6,10-12,15H,1,7-9H2,2-3H3/t10-,11-,12?/m1/s1. The van der Waals surface area contributed by atoms with Crippen LogP contribution in [0.25, 0.3) is 0 Å². The van der Waals surface area contributed by atoms with Gasteiger partial charge in [0.2, 0.25) is 10.0 Å². The molecule has 25 heavy (non-hydrogen) atoms. The van der Waals surface area contributed by atoms with Crippen LogP contribution in [0.4, 0.5) is 4.79 Å². The molecule has 0 bridgehead atoms. The van der Waals surface area contributed by atoms with Crippen molar-refractivity contribution in [3.8, 4) is 0 Å². The molecule has 1 amide bonds. The van der Waals surface area contributed by atoms with Gasteiger partial charge >= 0.3 is 6.09 Å². The lowest BCUT2D eigenvalue weighted by atomic mass is 10.2. The summed E-state index contributed by atoms with van der Waals surface area (Å²) in [4.78, 5) is 13.3. The number of amides is 1. The highest BCUT2D eigenvalue weighted by molar-refractivity contribution is 7.88. The van der Waals surface area contributed by atoms with Crippen molar-refractivity contribution in [3.63, 3.8) is 0 Å². The summed E-state index contributed by atoms with van der Waals surface area (Å²) in [7, 11) is -7.19. The van der Waals surface area contributed by atoms with Gasteiger partial charge in [-0.05, 0) is 0 Å². The van der Waals surface area contributed by atoms with Crippen molar-refractivity contribution in [2.45, 2.75) is 24.1 Å². The fourth-order valence-corrected chi connectivity index (χ4v) is 3.91. The Morgan fingerprint density at radius 1 is 1.40 bits per heavy atom. The van der Waals surface area contributed by atoms with Crippen molar-refractivity contribution in [2.24, 2.45) is 0 Å². The van der Waals surface area contributed by atoms with Crippen LogP contribution in [0.1, 0.15) is 6.42 Å². The first-order valence-electron chi connectivity index (χ1n) is 7.13. The molecule has 0 radical (unpaired) electrons. The van der Waals surface area contributed by atoms with Gasteiger partial charge in [0.1, 0.15) is 12.1 Å². The van der Waals surface area contributed by atoms with Crippen LogP contribution in [0.3, 0.4) is 0 Å². The van der Waals surface area contributed by atoms with Gasteiger partial charge in [-0.1, -0.05) is 24.8 Å². The Hall–Kier alpha value is -1.14. The lowest BCUT2D eigenvalue weighted by Gasteiger charge is -2.21. The van der Waals surface area contributed by atoms with Gasteiger partial charge in [-0.3, -0.25) is 9.08 Å². The number of sulfonamides is 1. The zero-order valence-electron chi connectivity index (χ0n) is 13.8. The molecule has 3 atom stereocenters. The molecule has 144 valence electrons. The maximum Gasteiger partial charge on any atom is 0.410 e. The molecule has 1 fully saturated rings. The summed E-state index contributed by atoms with van der Waals surface area (Å²) in [6.07, 6.45) is 4.90. The van der Waals surface area contributed by atoms with Crippen molar-refractivity contribution in [2.75, 3.05) is 25.7 Å². The van der Waals surface area contributed by atoms with E-state index in [1.54, 1.807) is 0 Å². The Kier molecular flexibility index (Phi) is 7.88. The number of carbonyl (C=O) groups excluding carboxylic acids is 1. The van der Waals surface area contributed by atoms with Gasteiger partial charge in [0, 0.05) is 6.42 Å². The first-order chi connectivity index (χ1) is 11.4. The van der Waals surface area contributed by atoms with E-state index in [1.807, 2.05) is 0 Å². The summed E-state index contributed by atoms with van der Waals surface area (Å²) in [6.45, 7) is 3.44. The molecule has 0 spiro atoms. The zero-order chi connectivity index (χ0) is 19.3. The Labute approximate surface area is 152 Å². The normalized spacial score (nSPS) is 22.9. The smallest absolute Gasteiger partial charge is 0.410 e. The summed E-state index contributed by atoms with van der Waals surface area (Å²) in [5.41, 5.74) is -1.02. The van der Waals surface area contributed by atoms with Gasteiger partial charge in [-0.15, -0.1) is 11.6 Å². The van der Waals surface area contributed by atoms with Crippen LogP contribution in [-0.4, -0.2) is 71.1 Å². The van der Waals surface area contributed by atoms with Gasteiger partial charge in [-0.2, -0.15) is 13.1 Å². The molecule has 12 heteroatoms. The first-order valence-corrected chi connectivity index (χ1v) is 11.3. The number of hydrogen-bond acceptors (Lipinski definition) is 7. The van der Waals surface area contributed by atoms with Crippen molar-refractivity contribution >= 4 is 37.8 Å². The van der Waals surface area contributed by atoms with E-state index in [0.29, 0.717) is 0 Å². The van der Waals surface area contributed by atoms with Gasteiger partial charge in [-0.25, -0.2) is 13.2 Å². The van der Waals surface area contributed by atoms with E-state index in [2.05, 4.69) is 11.3 Å². The molecule has 1 aliphatic heterocycles. The van der Waals surface area contributed by atoms with Crippen molar-refractivity contribution in [1.82, 2.24) is 9.62 Å². The second-order valence-corrected chi connectivity index (χ2v) is 9.27. The lowest BCUT2D eigenvalue weighted by Crippen LogP contribution is -2.36. The van der Waals surface area contributed by atoms with Crippen LogP contribution in [0.2, 0.25) is 0 Å². The Bertz CT molecular complexity index is 721. The number of nitrogens with zero attached hydrogens (tertiary/aromatic N) is 1. The Morgan fingerprint density at radius 3 is 2.56 bits per heavy atom. The monoisotopic (exact) mass is 416 g/mol. The molecule has 1 unspecified atom stereocenters. The maximum atomic E-state index is 12.1. The van der Waals surface area contributed by atoms with Gasteiger partial charge in [0.15, 0.2) is 0 Å². The van der Waals surface area contributed by atoms with E-state index in [0.717, 1.165) is 12.5 Å². The van der Waals surface area contributed by atoms with Crippen molar-refractivity contribution < 1.29 is 30.6 Å². The molecule has 0 aromatic rings. The number of nitrogens with one attached hydrogen (secondary N) is 1. The molecule has 9 nitrogen and oxygen atoms in total. The van der Waals surface area contributed by atoms with Gasteiger partial charge in [0.25, 0.3) is 10.1 Å². The fraction of sp³-hybridized carbons (Fsp3) is 0.615. The van der Waals surface area contributed by atoms with Gasteiger partial charge in [0.05, 0.1) is 31.2 Å². The third-order valence-corrected chi connectivity index (χ3v) is 4.69.